The molecule has 0 spiro atoms. The van der Waals surface area contributed by atoms with Crippen molar-refractivity contribution in [1.29, 1.82) is 0 Å². The van der Waals surface area contributed by atoms with E-state index in [-0.39, 0.29) is 27.8 Å². The van der Waals surface area contributed by atoms with E-state index in [1.165, 1.54) is 24.3 Å². The lowest BCUT2D eigenvalue weighted by atomic mass is 10.0. The van der Waals surface area contributed by atoms with Gasteiger partial charge in [-0.3, -0.25) is 4.79 Å². The van der Waals surface area contributed by atoms with E-state index in [4.69, 9.17) is 23.2 Å². The van der Waals surface area contributed by atoms with Gasteiger partial charge in [-0.15, -0.1) is 0 Å². The van der Waals surface area contributed by atoms with Crippen molar-refractivity contribution in [2.75, 3.05) is 0 Å². The first-order chi connectivity index (χ1) is 10.9. The number of benzene rings is 2. The Bertz CT molecular complexity index is 728. The van der Waals surface area contributed by atoms with Crippen molar-refractivity contribution in [2.24, 2.45) is 0 Å². The zero-order chi connectivity index (χ0) is 17.0. The van der Waals surface area contributed by atoms with Crippen LogP contribution in [0.2, 0.25) is 10.0 Å². The number of carboxylic acid groups (broad SMARTS) is 1. The molecule has 1 atom stereocenters. The Hall–Kier alpha value is -2.24. The Morgan fingerprint density at radius 3 is 2.26 bits per heavy atom. The van der Waals surface area contributed by atoms with Crippen molar-refractivity contribution in [3.63, 3.8) is 0 Å². The third-order valence-electron chi connectivity index (χ3n) is 3.14. The average Bonchev–Trinajstić information content (AvgIpc) is 2.46. The molecular formula is C16H13Cl2NO4. The van der Waals surface area contributed by atoms with Crippen LogP contribution in [-0.4, -0.2) is 28.1 Å². The van der Waals surface area contributed by atoms with Gasteiger partial charge in [0.2, 0.25) is 0 Å². The summed E-state index contributed by atoms with van der Waals surface area (Å²) in [6, 6.07) is 9.55. The molecule has 0 aromatic heterocycles. The van der Waals surface area contributed by atoms with E-state index in [9.17, 15) is 19.8 Å². The van der Waals surface area contributed by atoms with Crippen molar-refractivity contribution in [2.45, 2.75) is 12.5 Å². The van der Waals surface area contributed by atoms with Gasteiger partial charge in [0.1, 0.15) is 11.8 Å². The quantitative estimate of drug-likeness (QED) is 0.770. The van der Waals surface area contributed by atoms with Crippen molar-refractivity contribution >= 4 is 35.1 Å². The summed E-state index contributed by atoms with van der Waals surface area (Å²) in [4.78, 5) is 23.6. The standard InChI is InChI=1S/C16H13Cl2NO4/c17-11-5-2-6-12(18)14(11)15(21)19-13(16(22)23)8-9-3-1-4-10(20)7-9/h1-7,13,20H,8H2,(H,19,21)(H,22,23)/t13-/m0/s1. The smallest absolute Gasteiger partial charge is 0.326 e. The van der Waals surface area contributed by atoms with E-state index in [0.717, 1.165) is 0 Å². The summed E-state index contributed by atoms with van der Waals surface area (Å²) in [5.41, 5.74) is 0.598. The summed E-state index contributed by atoms with van der Waals surface area (Å²) < 4.78 is 0. The van der Waals surface area contributed by atoms with E-state index in [1.54, 1.807) is 18.2 Å². The highest BCUT2D eigenvalue weighted by atomic mass is 35.5. The second kappa shape index (κ2) is 7.35. The molecule has 0 aliphatic rings. The third kappa shape index (κ3) is 4.37. The minimum atomic E-state index is -1.20. The van der Waals surface area contributed by atoms with Crippen LogP contribution in [0.3, 0.4) is 0 Å². The van der Waals surface area contributed by atoms with Gasteiger partial charge in [0.25, 0.3) is 5.91 Å². The molecule has 0 saturated carbocycles. The molecule has 2 rings (SSSR count). The first-order valence-corrected chi connectivity index (χ1v) is 7.39. The molecule has 5 nitrogen and oxygen atoms in total. The number of hydrogen-bond acceptors (Lipinski definition) is 3. The SMILES string of the molecule is O=C(N[C@@H](Cc1cccc(O)c1)C(=O)O)c1c(Cl)cccc1Cl. The van der Waals surface area contributed by atoms with E-state index >= 15 is 0 Å². The number of hydrogen-bond donors (Lipinski definition) is 3. The van der Waals surface area contributed by atoms with E-state index < -0.39 is 17.9 Å². The number of halogens is 2. The summed E-state index contributed by atoms with van der Waals surface area (Å²) in [5, 5.41) is 21.4. The van der Waals surface area contributed by atoms with Crippen LogP contribution in [0.5, 0.6) is 5.75 Å². The van der Waals surface area contributed by atoms with Gasteiger partial charge in [-0.2, -0.15) is 0 Å². The number of phenols is 1. The molecule has 0 saturated heterocycles. The van der Waals surface area contributed by atoms with Crippen molar-refractivity contribution in [3.8, 4) is 5.75 Å². The molecule has 0 fully saturated rings. The van der Waals surface area contributed by atoms with Crippen LogP contribution in [-0.2, 0) is 11.2 Å². The van der Waals surface area contributed by atoms with Gasteiger partial charge >= 0.3 is 5.97 Å². The molecule has 0 aliphatic carbocycles. The van der Waals surface area contributed by atoms with E-state index in [0.29, 0.717) is 5.56 Å². The highest BCUT2D eigenvalue weighted by Crippen LogP contribution is 2.24. The monoisotopic (exact) mass is 353 g/mol. The Labute approximate surface area is 142 Å². The predicted molar refractivity (Wildman–Crippen MR) is 87.2 cm³/mol. The van der Waals surface area contributed by atoms with Crippen molar-refractivity contribution in [3.05, 3.63) is 63.6 Å². The van der Waals surface area contributed by atoms with Crippen LogP contribution in [0, 0.1) is 0 Å². The Morgan fingerprint density at radius 2 is 1.70 bits per heavy atom. The maximum absolute atomic E-state index is 12.3. The Morgan fingerprint density at radius 1 is 1.09 bits per heavy atom. The second-order valence-corrected chi connectivity index (χ2v) is 5.65. The molecule has 1 amide bonds. The lowest BCUT2D eigenvalue weighted by Crippen LogP contribution is -2.42. The maximum atomic E-state index is 12.3. The number of carbonyl (C=O) groups excluding carboxylic acids is 1. The molecule has 2 aromatic carbocycles. The van der Waals surface area contributed by atoms with Crippen molar-refractivity contribution < 1.29 is 19.8 Å². The molecule has 0 aliphatic heterocycles. The molecule has 0 radical (unpaired) electrons. The number of carboxylic acids is 1. The molecule has 0 bridgehead atoms. The molecule has 7 heteroatoms. The Balaban J connectivity index is 2.19. The minimum Gasteiger partial charge on any atom is -0.508 e. The first kappa shape index (κ1) is 17.1. The normalized spacial score (nSPS) is 11.7. The van der Waals surface area contributed by atoms with Crippen LogP contribution >= 0.6 is 23.2 Å². The largest absolute Gasteiger partial charge is 0.508 e. The fourth-order valence-electron chi connectivity index (χ4n) is 2.06. The predicted octanol–water partition coefficient (Wildman–Crippen LogP) is 3.12. The van der Waals surface area contributed by atoms with Crippen LogP contribution in [0.4, 0.5) is 0 Å². The van der Waals surface area contributed by atoms with Gasteiger partial charge < -0.3 is 15.5 Å². The lowest BCUT2D eigenvalue weighted by Gasteiger charge is -2.16. The molecule has 23 heavy (non-hydrogen) atoms. The first-order valence-electron chi connectivity index (χ1n) is 6.64. The highest BCUT2D eigenvalue weighted by molar-refractivity contribution is 6.39. The van der Waals surface area contributed by atoms with Gasteiger partial charge in [-0.05, 0) is 29.8 Å². The molecular weight excluding hydrogens is 341 g/mol. The van der Waals surface area contributed by atoms with Gasteiger partial charge in [-0.25, -0.2) is 4.79 Å². The van der Waals surface area contributed by atoms with Crippen LogP contribution in [0.1, 0.15) is 15.9 Å². The molecule has 0 unspecified atom stereocenters. The third-order valence-corrected chi connectivity index (χ3v) is 3.77. The van der Waals surface area contributed by atoms with E-state index in [1.807, 2.05) is 0 Å². The second-order valence-electron chi connectivity index (χ2n) is 4.83. The number of carbonyl (C=O) groups is 2. The average molecular weight is 354 g/mol. The number of phenolic OH excluding ortho intramolecular Hbond substituents is 1. The summed E-state index contributed by atoms with van der Waals surface area (Å²) >= 11 is 11.9. The zero-order valence-electron chi connectivity index (χ0n) is 11.8. The number of aromatic hydroxyl groups is 1. The number of amides is 1. The molecule has 120 valence electrons. The summed E-state index contributed by atoms with van der Waals surface area (Å²) in [6.07, 6.45) is 0.0115. The minimum absolute atomic E-state index is 0.0115. The van der Waals surface area contributed by atoms with Gasteiger partial charge in [-0.1, -0.05) is 41.4 Å². The van der Waals surface area contributed by atoms with E-state index in [2.05, 4.69) is 5.32 Å². The number of rotatable bonds is 5. The highest BCUT2D eigenvalue weighted by Gasteiger charge is 2.23. The zero-order valence-corrected chi connectivity index (χ0v) is 13.3. The topological polar surface area (TPSA) is 86.6 Å². The maximum Gasteiger partial charge on any atom is 0.326 e. The fraction of sp³-hybridized carbons (Fsp3) is 0.125. The van der Waals surface area contributed by atoms with Crippen molar-refractivity contribution in [1.82, 2.24) is 5.32 Å². The van der Waals surface area contributed by atoms with Gasteiger partial charge in [0.05, 0.1) is 15.6 Å². The van der Waals surface area contributed by atoms with Crippen LogP contribution in [0.25, 0.3) is 0 Å². The van der Waals surface area contributed by atoms with Gasteiger partial charge in [0, 0.05) is 6.42 Å². The van der Waals surface area contributed by atoms with Gasteiger partial charge in [0.15, 0.2) is 0 Å². The summed E-state index contributed by atoms with van der Waals surface area (Å²) in [7, 11) is 0. The summed E-state index contributed by atoms with van der Waals surface area (Å²) in [5.74, 6) is -1.86. The summed E-state index contributed by atoms with van der Waals surface area (Å²) in [6.45, 7) is 0. The number of aliphatic carboxylic acids is 1. The lowest BCUT2D eigenvalue weighted by molar-refractivity contribution is -0.139. The number of nitrogens with one attached hydrogen (secondary N) is 1. The van der Waals surface area contributed by atoms with Crippen LogP contribution < -0.4 is 5.32 Å². The molecule has 0 heterocycles. The fourth-order valence-corrected chi connectivity index (χ4v) is 2.63. The van der Waals surface area contributed by atoms with Crippen LogP contribution in [0.15, 0.2) is 42.5 Å². The Kier molecular flexibility index (Phi) is 5.47. The molecule has 3 N–H and O–H groups in total. The molecule has 2 aromatic rings.